The predicted molar refractivity (Wildman–Crippen MR) is 245 cm³/mol. The number of allylic oxidation sites excluding steroid dienone is 12. The van der Waals surface area contributed by atoms with Crippen LogP contribution < -0.4 is 11.1 Å². The zero-order chi connectivity index (χ0) is 38.1. The quantitative estimate of drug-likeness (QED) is 0.121. The van der Waals surface area contributed by atoms with Crippen LogP contribution in [0.3, 0.4) is 0 Å². The average molecular weight is 733 g/mol. The molecular weight excluding hydrogens is 689 g/mol. The van der Waals surface area contributed by atoms with Gasteiger partial charge in [0.25, 0.3) is 0 Å². The second kappa shape index (κ2) is 15.1. The number of nitrogens with two attached hydrogens (primary N) is 1. The van der Waals surface area contributed by atoms with Gasteiger partial charge in [0.15, 0.2) is 0 Å². The van der Waals surface area contributed by atoms with E-state index in [1.54, 1.807) is 0 Å². The van der Waals surface area contributed by atoms with Gasteiger partial charge in [0.2, 0.25) is 0 Å². The molecule has 274 valence electrons. The van der Waals surface area contributed by atoms with Gasteiger partial charge in [0.1, 0.15) is 0 Å². The molecule has 3 aliphatic carbocycles. The maximum atomic E-state index is 7.07. The van der Waals surface area contributed by atoms with Crippen LogP contribution in [-0.2, 0) is 6.42 Å². The summed E-state index contributed by atoms with van der Waals surface area (Å²) in [6, 6.07) is 47.9. The van der Waals surface area contributed by atoms with E-state index in [2.05, 4.69) is 206 Å². The highest BCUT2D eigenvalue weighted by molar-refractivity contribution is 6.16. The van der Waals surface area contributed by atoms with Crippen molar-refractivity contribution in [3.8, 4) is 11.1 Å². The fraction of sp³-hybridized carbons (Fsp3) is 0.0909. The van der Waals surface area contributed by atoms with Crippen LogP contribution in [0.2, 0.25) is 0 Å². The number of hydrogen-bond donors (Lipinski definition) is 2. The summed E-state index contributed by atoms with van der Waals surface area (Å²) in [5, 5.41) is 11.5. The van der Waals surface area contributed by atoms with Crippen LogP contribution in [0.1, 0.15) is 41.1 Å². The van der Waals surface area contributed by atoms with E-state index in [4.69, 9.17) is 5.73 Å². The number of para-hydroxylation sites is 1. The number of aryl methyl sites for hydroxylation is 1. The van der Waals surface area contributed by atoms with Crippen molar-refractivity contribution in [3.05, 3.63) is 228 Å². The monoisotopic (exact) mass is 732 g/mol. The molecule has 0 saturated carbocycles. The van der Waals surface area contributed by atoms with E-state index in [1.807, 2.05) is 0 Å². The average Bonchev–Trinajstić information content (AvgIpc) is 3.27. The molecule has 0 saturated heterocycles. The topological polar surface area (TPSA) is 38.0 Å². The Morgan fingerprint density at radius 3 is 2.40 bits per heavy atom. The fourth-order valence-electron chi connectivity index (χ4n) is 9.03. The molecule has 2 unspecified atom stereocenters. The van der Waals surface area contributed by atoms with Crippen LogP contribution in [-0.4, -0.2) is 0 Å². The molecule has 0 aliphatic heterocycles. The second-order valence-electron chi connectivity index (χ2n) is 15.4. The minimum atomic E-state index is -0.303. The molecular formula is C55H44N2. The largest absolute Gasteiger partial charge is 0.355 e. The first-order valence-corrected chi connectivity index (χ1v) is 20.2. The molecule has 0 spiro atoms. The maximum absolute atomic E-state index is 7.07. The first-order valence-electron chi connectivity index (χ1n) is 20.2. The van der Waals surface area contributed by atoms with E-state index in [0.29, 0.717) is 5.92 Å². The van der Waals surface area contributed by atoms with Crippen molar-refractivity contribution in [3.63, 3.8) is 0 Å². The van der Waals surface area contributed by atoms with Gasteiger partial charge in [-0.25, -0.2) is 0 Å². The zero-order valence-electron chi connectivity index (χ0n) is 31.9. The summed E-state index contributed by atoms with van der Waals surface area (Å²) in [5.74, 6) is 0.381. The van der Waals surface area contributed by atoms with Crippen molar-refractivity contribution in [2.24, 2.45) is 11.7 Å². The van der Waals surface area contributed by atoms with Crippen molar-refractivity contribution in [2.75, 3.05) is 5.32 Å². The van der Waals surface area contributed by atoms with Crippen LogP contribution >= 0.6 is 0 Å². The third-order valence-electron chi connectivity index (χ3n) is 11.9. The Bertz CT molecular complexity index is 2910. The van der Waals surface area contributed by atoms with E-state index in [-0.39, 0.29) is 6.04 Å². The second-order valence-corrected chi connectivity index (χ2v) is 15.4. The number of nitrogens with one attached hydrogen (secondary N) is 1. The highest BCUT2D eigenvalue weighted by Crippen LogP contribution is 2.43. The molecule has 3 aliphatic rings. The Labute approximate surface area is 335 Å². The minimum Gasteiger partial charge on any atom is -0.355 e. The van der Waals surface area contributed by atoms with Crippen LogP contribution in [0.15, 0.2) is 205 Å². The highest BCUT2D eigenvalue weighted by atomic mass is 14.9. The van der Waals surface area contributed by atoms with Gasteiger partial charge < -0.3 is 11.1 Å². The minimum absolute atomic E-state index is 0.303. The smallest absolute Gasteiger partial charge is 0.0490 e. The molecule has 0 radical (unpaired) electrons. The normalized spacial score (nSPS) is 16.8. The number of anilines is 2. The molecule has 57 heavy (non-hydrogen) atoms. The first kappa shape index (κ1) is 34.7. The third-order valence-corrected chi connectivity index (χ3v) is 11.9. The van der Waals surface area contributed by atoms with E-state index in [9.17, 15) is 0 Å². The SMILES string of the molecule is NC(/C=C(\C=C\C1=CC=CC2=CC=CCC21)c1cccc2ccccc12)c1ccc(Nc2ccccc2-c2cc3ccccc3c3ccc4c(c23)CCC=C4)cc1. The summed E-state index contributed by atoms with van der Waals surface area (Å²) in [6.07, 6.45) is 27.8. The standard InChI is InChI=1S/C55H44N2/c56-53(36-43(47-25-12-19-38-14-2-6-21-46(38)47)28-27-39-18-11-17-37-13-1-5-20-45(37)39)41-29-32-44(33-30-41)57-54-26-10-9-24-50(54)52-35-42-16-4-7-22-48(42)51-34-31-40-15-3-8-23-49(40)55(51)52/h1-7,9-19,21-22,24-36,45,53,57H,8,20,23,56H2/b28-27+,43-36+. The first-order chi connectivity index (χ1) is 28.2. The number of benzene rings is 7. The third kappa shape index (κ3) is 6.69. The summed E-state index contributed by atoms with van der Waals surface area (Å²) in [7, 11) is 0. The van der Waals surface area contributed by atoms with Gasteiger partial charge in [-0.05, 0) is 120 Å². The van der Waals surface area contributed by atoms with Gasteiger partial charge in [-0.15, -0.1) is 0 Å². The van der Waals surface area contributed by atoms with E-state index in [0.717, 1.165) is 41.8 Å². The molecule has 0 aromatic heterocycles. The molecule has 7 aromatic carbocycles. The van der Waals surface area contributed by atoms with Crippen molar-refractivity contribution in [1.82, 2.24) is 0 Å². The highest BCUT2D eigenvalue weighted by Gasteiger charge is 2.20. The van der Waals surface area contributed by atoms with Crippen molar-refractivity contribution < 1.29 is 0 Å². The van der Waals surface area contributed by atoms with Crippen LogP contribution in [0, 0.1) is 5.92 Å². The van der Waals surface area contributed by atoms with Crippen LogP contribution in [0.25, 0.3) is 55.1 Å². The van der Waals surface area contributed by atoms with Crippen LogP contribution in [0.4, 0.5) is 11.4 Å². The lowest BCUT2D eigenvalue weighted by atomic mass is 9.81. The van der Waals surface area contributed by atoms with E-state index in [1.165, 1.54) is 71.3 Å². The number of fused-ring (bicyclic) bond motifs is 7. The Morgan fingerprint density at radius 2 is 1.49 bits per heavy atom. The Kier molecular flexibility index (Phi) is 9.18. The molecule has 2 atom stereocenters. The number of hydrogen-bond acceptors (Lipinski definition) is 2. The van der Waals surface area contributed by atoms with E-state index >= 15 is 0 Å². The molecule has 2 heteroatoms. The van der Waals surface area contributed by atoms with Gasteiger partial charge >= 0.3 is 0 Å². The Balaban J connectivity index is 0.985. The molecule has 0 bridgehead atoms. The summed E-state index contributed by atoms with van der Waals surface area (Å²) >= 11 is 0. The lowest BCUT2D eigenvalue weighted by Gasteiger charge is -2.23. The molecule has 7 aromatic rings. The predicted octanol–water partition coefficient (Wildman–Crippen LogP) is 14.2. The Morgan fingerprint density at radius 1 is 0.684 bits per heavy atom. The van der Waals surface area contributed by atoms with Gasteiger partial charge in [-0.3, -0.25) is 0 Å². The van der Waals surface area contributed by atoms with Gasteiger partial charge in [-0.2, -0.15) is 0 Å². The fourth-order valence-corrected chi connectivity index (χ4v) is 9.03. The van der Waals surface area contributed by atoms with Gasteiger partial charge in [0, 0.05) is 28.9 Å². The molecule has 3 N–H and O–H groups in total. The van der Waals surface area contributed by atoms with Gasteiger partial charge in [-0.1, -0.05) is 176 Å². The van der Waals surface area contributed by atoms with E-state index < -0.39 is 0 Å². The molecule has 10 rings (SSSR count). The van der Waals surface area contributed by atoms with Crippen LogP contribution in [0.5, 0.6) is 0 Å². The molecule has 0 amide bonds. The molecule has 2 nitrogen and oxygen atoms in total. The summed E-state index contributed by atoms with van der Waals surface area (Å²) < 4.78 is 0. The summed E-state index contributed by atoms with van der Waals surface area (Å²) in [5.41, 5.74) is 20.4. The lowest BCUT2D eigenvalue weighted by molar-refractivity contribution is 0.746. The molecule has 0 fully saturated rings. The van der Waals surface area contributed by atoms with Crippen molar-refractivity contribution in [2.45, 2.75) is 25.3 Å². The van der Waals surface area contributed by atoms with Gasteiger partial charge in [0.05, 0.1) is 0 Å². The lowest BCUT2D eigenvalue weighted by Crippen LogP contribution is -2.09. The van der Waals surface area contributed by atoms with Crippen molar-refractivity contribution >= 4 is 55.3 Å². The zero-order valence-corrected chi connectivity index (χ0v) is 31.9. The maximum Gasteiger partial charge on any atom is 0.0490 e. The van der Waals surface area contributed by atoms with Crippen molar-refractivity contribution in [1.29, 1.82) is 0 Å². The number of rotatable bonds is 8. The Hall–Kier alpha value is -6.74. The summed E-state index contributed by atoms with van der Waals surface area (Å²) in [6.45, 7) is 0. The summed E-state index contributed by atoms with van der Waals surface area (Å²) in [4.78, 5) is 0. The molecule has 0 heterocycles.